The van der Waals surface area contributed by atoms with Crippen LogP contribution in [0.15, 0.2) is 47.6 Å². The summed E-state index contributed by atoms with van der Waals surface area (Å²) in [5, 5.41) is 15.9. The van der Waals surface area contributed by atoms with Crippen molar-refractivity contribution in [3.8, 4) is 0 Å². The molecule has 0 aliphatic heterocycles. The van der Waals surface area contributed by atoms with Gasteiger partial charge < -0.3 is 15.2 Å². The van der Waals surface area contributed by atoms with Gasteiger partial charge in [0.2, 0.25) is 5.91 Å². The molecule has 0 fully saturated rings. The molecule has 3 aromatic rings. The molecule has 3 rings (SSSR count). The summed E-state index contributed by atoms with van der Waals surface area (Å²) < 4.78 is 1.85. The van der Waals surface area contributed by atoms with Gasteiger partial charge in [0, 0.05) is 22.3 Å². The van der Waals surface area contributed by atoms with Crippen molar-refractivity contribution in [1.82, 2.24) is 20.1 Å². The van der Waals surface area contributed by atoms with Gasteiger partial charge in [-0.3, -0.25) is 9.59 Å². The van der Waals surface area contributed by atoms with Gasteiger partial charge in [0.1, 0.15) is 0 Å². The van der Waals surface area contributed by atoms with Gasteiger partial charge in [-0.1, -0.05) is 52.6 Å². The molecule has 1 aromatic heterocycles. The van der Waals surface area contributed by atoms with Crippen LogP contribution in [0, 0.1) is 0 Å². The highest BCUT2D eigenvalue weighted by molar-refractivity contribution is 7.99. The van der Waals surface area contributed by atoms with Gasteiger partial charge in [0.25, 0.3) is 5.91 Å². The first kappa shape index (κ1) is 24.4. The third-order valence-electron chi connectivity index (χ3n) is 4.41. The van der Waals surface area contributed by atoms with E-state index in [-0.39, 0.29) is 22.6 Å². The lowest BCUT2D eigenvalue weighted by atomic mass is 10.2. The largest absolute Gasteiger partial charge is 0.342 e. The summed E-state index contributed by atoms with van der Waals surface area (Å²) >= 11 is 19.2. The lowest BCUT2D eigenvalue weighted by molar-refractivity contribution is -0.113. The molecule has 7 nitrogen and oxygen atoms in total. The van der Waals surface area contributed by atoms with Crippen LogP contribution in [0.2, 0.25) is 15.1 Å². The summed E-state index contributed by atoms with van der Waals surface area (Å²) in [5.41, 5.74) is 0.940. The summed E-state index contributed by atoms with van der Waals surface area (Å²) in [4.78, 5) is 24.9. The molecule has 0 aliphatic rings. The molecule has 0 saturated carbocycles. The number of carbonyl (C=O) groups excluding carboxylic acids is 2. The van der Waals surface area contributed by atoms with E-state index in [0.29, 0.717) is 38.8 Å². The second-order valence-corrected chi connectivity index (χ2v) is 8.97. The Balaban J connectivity index is 1.64. The number of benzene rings is 2. The van der Waals surface area contributed by atoms with Gasteiger partial charge in [-0.05, 0) is 50.2 Å². The zero-order valence-corrected chi connectivity index (χ0v) is 20.3. The van der Waals surface area contributed by atoms with Crippen LogP contribution < -0.4 is 10.6 Å². The Morgan fingerprint density at radius 2 is 1.84 bits per heavy atom. The fourth-order valence-electron chi connectivity index (χ4n) is 2.93. The molecule has 1 heterocycles. The van der Waals surface area contributed by atoms with E-state index in [1.54, 1.807) is 43.3 Å². The zero-order valence-electron chi connectivity index (χ0n) is 17.2. The monoisotopic (exact) mass is 511 g/mol. The van der Waals surface area contributed by atoms with Crippen molar-refractivity contribution in [2.45, 2.75) is 31.6 Å². The van der Waals surface area contributed by atoms with Crippen molar-refractivity contribution in [2.24, 2.45) is 0 Å². The summed E-state index contributed by atoms with van der Waals surface area (Å²) in [7, 11) is 0. The van der Waals surface area contributed by atoms with Crippen molar-refractivity contribution >= 4 is 64.1 Å². The summed E-state index contributed by atoms with van der Waals surface area (Å²) in [6, 6.07) is 11.2. The van der Waals surface area contributed by atoms with Crippen LogP contribution in [-0.2, 0) is 11.3 Å². The van der Waals surface area contributed by atoms with E-state index in [2.05, 4.69) is 20.8 Å². The van der Waals surface area contributed by atoms with Crippen LogP contribution in [0.3, 0.4) is 0 Å². The van der Waals surface area contributed by atoms with E-state index >= 15 is 0 Å². The van der Waals surface area contributed by atoms with Crippen molar-refractivity contribution in [3.63, 3.8) is 0 Å². The van der Waals surface area contributed by atoms with Crippen LogP contribution in [0.1, 0.15) is 36.1 Å². The van der Waals surface area contributed by atoms with Crippen molar-refractivity contribution < 1.29 is 9.59 Å². The highest BCUT2D eigenvalue weighted by Gasteiger charge is 2.21. The number of rotatable bonds is 8. The molecule has 0 radical (unpaired) electrons. The average Bonchev–Trinajstić information content (AvgIpc) is 3.15. The molecule has 2 N–H and O–H groups in total. The molecule has 1 atom stereocenters. The van der Waals surface area contributed by atoms with Crippen molar-refractivity contribution in [2.75, 3.05) is 11.1 Å². The van der Waals surface area contributed by atoms with E-state index in [1.165, 1.54) is 17.8 Å². The minimum absolute atomic E-state index is 0.145. The lowest BCUT2D eigenvalue weighted by Gasteiger charge is -2.15. The number of nitrogens with one attached hydrogen (secondary N) is 2. The number of nitrogens with zero attached hydrogens (tertiary/aromatic N) is 3. The Kier molecular flexibility index (Phi) is 8.42. The number of halogens is 3. The van der Waals surface area contributed by atoms with Gasteiger partial charge >= 0.3 is 0 Å². The first-order valence-corrected chi connectivity index (χ1v) is 11.8. The Labute approximate surface area is 204 Å². The van der Waals surface area contributed by atoms with Crippen molar-refractivity contribution in [3.05, 3.63) is 68.9 Å². The minimum atomic E-state index is -0.434. The molecule has 32 heavy (non-hydrogen) atoms. The third-order valence-corrected chi connectivity index (χ3v) is 6.16. The van der Waals surface area contributed by atoms with E-state index in [9.17, 15) is 9.59 Å². The van der Waals surface area contributed by atoms with Crippen LogP contribution >= 0.6 is 46.6 Å². The predicted octanol–water partition coefficient (Wildman–Crippen LogP) is 5.48. The minimum Gasteiger partial charge on any atom is -0.342 e. The maximum Gasteiger partial charge on any atom is 0.253 e. The van der Waals surface area contributed by atoms with Gasteiger partial charge in [-0.15, -0.1) is 10.2 Å². The summed E-state index contributed by atoms with van der Waals surface area (Å²) in [6.45, 7) is 4.31. The van der Waals surface area contributed by atoms with E-state index in [4.69, 9.17) is 34.8 Å². The summed E-state index contributed by atoms with van der Waals surface area (Å²) in [5.74, 6) is 0.179. The maximum absolute atomic E-state index is 12.6. The molecule has 0 spiro atoms. The lowest BCUT2D eigenvalue weighted by Crippen LogP contribution is -2.29. The molecule has 168 valence electrons. The highest BCUT2D eigenvalue weighted by Crippen LogP contribution is 2.24. The topological polar surface area (TPSA) is 88.9 Å². The second-order valence-electron chi connectivity index (χ2n) is 6.75. The number of thioether (sulfide) groups is 1. The standard InChI is InChI=1S/C21H20Cl3N5O2S/c1-3-29-19(12(2)25-20(31)16-8-7-14(23)10-17(16)24)27-28-21(29)32-11-18(30)26-15-6-4-5-13(22)9-15/h4-10,12H,3,11H2,1-2H3,(H,25,31)(H,26,30)/t12-/m1/s1. The second kappa shape index (κ2) is 11.0. The molecule has 11 heteroatoms. The van der Waals surface area contributed by atoms with E-state index in [0.717, 1.165) is 0 Å². The first-order chi connectivity index (χ1) is 15.3. The number of carbonyl (C=O) groups is 2. The van der Waals surface area contributed by atoms with Crippen LogP contribution in [0.5, 0.6) is 0 Å². The normalized spacial score (nSPS) is 11.8. The molecule has 2 aromatic carbocycles. The summed E-state index contributed by atoms with van der Waals surface area (Å²) in [6.07, 6.45) is 0. The average molecular weight is 513 g/mol. The Bertz CT molecular complexity index is 1140. The Hall–Kier alpha value is -2.26. The molecule has 0 aliphatic carbocycles. The predicted molar refractivity (Wildman–Crippen MR) is 129 cm³/mol. The molecule has 0 bridgehead atoms. The third kappa shape index (κ3) is 6.16. The molecular formula is C21H20Cl3N5O2S. The first-order valence-electron chi connectivity index (χ1n) is 9.65. The van der Waals surface area contributed by atoms with Crippen LogP contribution in [0.25, 0.3) is 0 Å². The van der Waals surface area contributed by atoms with Crippen molar-refractivity contribution in [1.29, 1.82) is 0 Å². The quantitative estimate of drug-likeness (QED) is 0.390. The van der Waals surface area contributed by atoms with Crippen LogP contribution in [-0.4, -0.2) is 32.3 Å². The Morgan fingerprint density at radius 1 is 1.09 bits per heavy atom. The van der Waals surface area contributed by atoms with E-state index in [1.807, 2.05) is 11.5 Å². The van der Waals surface area contributed by atoms with Gasteiger partial charge in [0.05, 0.1) is 22.4 Å². The van der Waals surface area contributed by atoms with Gasteiger partial charge in [0.15, 0.2) is 11.0 Å². The van der Waals surface area contributed by atoms with Gasteiger partial charge in [-0.2, -0.15) is 0 Å². The van der Waals surface area contributed by atoms with Gasteiger partial charge in [-0.25, -0.2) is 0 Å². The fourth-order valence-corrected chi connectivity index (χ4v) is 4.42. The zero-order chi connectivity index (χ0) is 23.3. The number of hydrogen-bond donors (Lipinski definition) is 2. The van der Waals surface area contributed by atoms with E-state index < -0.39 is 6.04 Å². The number of amides is 2. The SMILES string of the molecule is CCn1c(SCC(=O)Nc2cccc(Cl)c2)nnc1[C@@H](C)NC(=O)c1ccc(Cl)cc1Cl. The van der Waals surface area contributed by atoms with Crippen LogP contribution in [0.4, 0.5) is 5.69 Å². The highest BCUT2D eigenvalue weighted by atomic mass is 35.5. The number of hydrogen-bond acceptors (Lipinski definition) is 5. The molecule has 0 unspecified atom stereocenters. The maximum atomic E-state index is 12.6. The molecule has 0 saturated heterocycles. The molecular weight excluding hydrogens is 493 g/mol. The molecule has 2 amide bonds. The fraction of sp³-hybridized carbons (Fsp3) is 0.238. The Morgan fingerprint density at radius 3 is 2.53 bits per heavy atom. The number of anilines is 1. The number of aromatic nitrogens is 3. The smallest absolute Gasteiger partial charge is 0.253 e.